The van der Waals surface area contributed by atoms with Crippen molar-refractivity contribution in [2.75, 3.05) is 0 Å². The number of carbonyl (C=O) groups excluding carboxylic acids is 2. The third kappa shape index (κ3) is 4.67. The molecule has 0 aromatic rings. The molecule has 1 N–H and O–H groups in total. The van der Waals surface area contributed by atoms with Gasteiger partial charge in [0.15, 0.2) is 5.78 Å². The first-order valence-electron chi connectivity index (χ1n) is 2.25. The van der Waals surface area contributed by atoms with Gasteiger partial charge in [-0.3, -0.25) is 14.4 Å². The zero-order valence-corrected chi connectivity index (χ0v) is 4.59. The van der Waals surface area contributed by atoms with E-state index in [4.69, 9.17) is 5.11 Å². The molecule has 0 atom stereocenters. The van der Waals surface area contributed by atoms with Crippen LogP contribution in [0.15, 0.2) is 0 Å². The summed E-state index contributed by atoms with van der Waals surface area (Å²) in [4.78, 5) is 29.4. The predicted octanol–water partition coefficient (Wildman–Crippen LogP) is -0.470. The Morgan fingerprint density at radius 2 is 2.00 bits per heavy atom. The molecule has 0 bridgehead atoms. The summed E-state index contributed by atoms with van der Waals surface area (Å²) in [5, 5.41) is 7.96. The highest BCUT2D eigenvalue weighted by Crippen LogP contribution is 1.85. The second kappa shape index (κ2) is 3.77. The molecule has 1 radical (unpaired) electrons. The number of Topliss-reactive ketones (excluding diaryl/α,β-unsaturated/α-hetero) is 1. The number of hydrogen-bond donors (Lipinski definition) is 1. The van der Waals surface area contributed by atoms with Crippen molar-refractivity contribution < 1.29 is 19.5 Å². The van der Waals surface area contributed by atoms with Crippen LogP contribution in [-0.4, -0.2) is 23.1 Å². The van der Waals surface area contributed by atoms with Gasteiger partial charge in [-0.2, -0.15) is 0 Å². The molecule has 0 saturated carbocycles. The molecule has 0 rings (SSSR count). The Morgan fingerprint density at radius 3 is 2.33 bits per heavy atom. The summed E-state index contributed by atoms with van der Waals surface area (Å²) in [6.07, 6.45) is 0.298. The lowest BCUT2D eigenvalue weighted by Crippen LogP contribution is -2.06. The number of carboxylic acids is 1. The molecule has 0 aromatic carbocycles. The zero-order valence-electron chi connectivity index (χ0n) is 4.59. The fourth-order valence-corrected chi connectivity index (χ4v) is 0.312. The maximum absolute atomic E-state index is 10.2. The standard InChI is InChI=1S/C5H5O4/c6-2-1-4(7)3-5(8)9/h1,3H2,(H,8,9). The summed E-state index contributed by atoms with van der Waals surface area (Å²) in [6.45, 7) is 0. The average molecular weight is 129 g/mol. The second-order valence-corrected chi connectivity index (χ2v) is 1.43. The Labute approximate surface area is 51.5 Å². The van der Waals surface area contributed by atoms with E-state index < -0.39 is 24.6 Å². The SMILES string of the molecule is O=[C]CC(=O)CC(=O)O. The molecule has 4 nitrogen and oxygen atoms in total. The molecule has 0 aliphatic rings. The summed E-state index contributed by atoms with van der Waals surface area (Å²) >= 11 is 0. The highest BCUT2D eigenvalue weighted by atomic mass is 16.4. The van der Waals surface area contributed by atoms with Crippen LogP contribution in [0.5, 0.6) is 0 Å². The van der Waals surface area contributed by atoms with Crippen LogP contribution in [0, 0.1) is 0 Å². The van der Waals surface area contributed by atoms with E-state index in [1.807, 2.05) is 0 Å². The third-order valence-corrected chi connectivity index (χ3v) is 0.618. The Bertz CT molecular complexity index is 138. The van der Waals surface area contributed by atoms with Crippen molar-refractivity contribution in [3.05, 3.63) is 0 Å². The number of aliphatic carboxylic acids is 1. The van der Waals surface area contributed by atoms with Crippen molar-refractivity contribution in [2.45, 2.75) is 12.8 Å². The van der Waals surface area contributed by atoms with E-state index >= 15 is 0 Å². The summed E-state index contributed by atoms with van der Waals surface area (Å²) in [7, 11) is 0. The van der Waals surface area contributed by atoms with Crippen molar-refractivity contribution in [3.63, 3.8) is 0 Å². The monoisotopic (exact) mass is 129 g/mol. The maximum atomic E-state index is 10.2. The zero-order chi connectivity index (χ0) is 7.28. The highest BCUT2D eigenvalue weighted by Gasteiger charge is 2.05. The van der Waals surface area contributed by atoms with Gasteiger partial charge in [0.25, 0.3) is 0 Å². The van der Waals surface area contributed by atoms with Crippen LogP contribution >= 0.6 is 0 Å². The molecule has 0 heterocycles. The third-order valence-electron chi connectivity index (χ3n) is 0.618. The van der Waals surface area contributed by atoms with Gasteiger partial charge in [0, 0.05) is 0 Å². The van der Waals surface area contributed by atoms with Crippen molar-refractivity contribution >= 4 is 18.0 Å². The van der Waals surface area contributed by atoms with Gasteiger partial charge in [-0.05, 0) is 0 Å². The molecule has 0 aromatic heterocycles. The predicted molar refractivity (Wildman–Crippen MR) is 27.6 cm³/mol. The molecule has 4 heteroatoms. The van der Waals surface area contributed by atoms with E-state index in [9.17, 15) is 14.4 Å². The summed E-state index contributed by atoms with van der Waals surface area (Å²) < 4.78 is 0. The molecule has 0 unspecified atom stereocenters. The minimum absolute atomic E-state index is 0.424. The molecule has 9 heavy (non-hydrogen) atoms. The fourth-order valence-electron chi connectivity index (χ4n) is 0.312. The molecule has 0 saturated heterocycles. The van der Waals surface area contributed by atoms with Gasteiger partial charge in [-0.25, -0.2) is 0 Å². The van der Waals surface area contributed by atoms with Crippen LogP contribution in [-0.2, 0) is 14.4 Å². The quantitative estimate of drug-likeness (QED) is 0.521. The average Bonchev–Trinajstić information content (AvgIpc) is 1.63. The molecule has 0 amide bonds. The van der Waals surface area contributed by atoms with Crippen molar-refractivity contribution in [2.24, 2.45) is 0 Å². The minimum Gasteiger partial charge on any atom is -0.481 e. The number of ketones is 1. The van der Waals surface area contributed by atoms with Crippen molar-refractivity contribution in [3.8, 4) is 0 Å². The Morgan fingerprint density at radius 1 is 1.44 bits per heavy atom. The molecule has 0 fully saturated rings. The second-order valence-electron chi connectivity index (χ2n) is 1.43. The van der Waals surface area contributed by atoms with E-state index in [0.717, 1.165) is 0 Å². The summed E-state index contributed by atoms with van der Waals surface area (Å²) in [6, 6.07) is 0. The summed E-state index contributed by atoms with van der Waals surface area (Å²) in [5.74, 6) is -1.83. The van der Waals surface area contributed by atoms with E-state index in [2.05, 4.69) is 0 Å². The first-order chi connectivity index (χ1) is 4.16. The minimum atomic E-state index is -1.21. The van der Waals surface area contributed by atoms with Crippen LogP contribution in [0.2, 0.25) is 0 Å². The van der Waals surface area contributed by atoms with Gasteiger partial charge in [-0.15, -0.1) is 0 Å². The van der Waals surface area contributed by atoms with E-state index in [1.54, 1.807) is 0 Å². The van der Waals surface area contributed by atoms with Crippen molar-refractivity contribution in [1.29, 1.82) is 0 Å². The lowest BCUT2D eigenvalue weighted by atomic mass is 10.2. The highest BCUT2D eigenvalue weighted by molar-refractivity contribution is 6.00. The van der Waals surface area contributed by atoms with E-state index in [0.29, 0.717) is 0 Å². The van der Waals surface area contributed by atoms with Gasteiger partial charge in [0.1, 0.15) is 6.42 Å². The van der Waals surface area contributed by atoms with Gasteiger partial charge in [0.05, 0.1) is 6.42 Å². The van der Waals surface area contributed by atoms with Crippen molar-refractivity contribution in [1.82, 2.24) is 0 Å². The number of carboxylic acid groups (broad SMARTS) is 1. The fraction of sp³-hybridized carbons (Fsp3) is 0.400. The molecular formula is C5H5O4. The molecule has 0 spiro atoms. The van der Waals surface area contributed by atoms with E-state index in [-0.39, 0.29) is 0 Å². The van der Waals surface area contributed by atoms with Crippen LogP contribution in [0.1, 0.15) is 12.8 Å². The topological polar surface area (TPSA) is 71.4 Å². The molecular weight excluding hydrogens is 124 g/mol. The lowest BCUT2D eigenvalue weighted by molar-refractivity contribution is -0.139. The summed E-state index contributed by atoms with van der Waals surface area (Å²) in [5.41, 5.74) is 0. The number of carbonyl (C=O) groups is 2. The first kappa shape index (κ1) is 7.81. The molecule has 0 aliphatic carbocycles. The lowest BCUT2D eigenvalue weighted by Gasteiger charge is -1.85. The van der Waals surface area contributed by atoms with Crippen LogP contribution < -0.4 is 0 Å². The largest absolute Gasteiger partial charge is 0.481 e. The van der Waals surface area contributed by atoms with Gasteiger partial charge in [0.2, 0.25) is 6.29 Å². The van der Waals surface area contributed by atoms with Crippen LogP contribution in [0.25, 0.3) is 0 Å². The van der Waals surface area contributed by atoms with Crippen LogP contribution in [0.4, 0.5) is 0 Å². The maximum Gasteiger partial charge on any atom is 0.310 e. The van der Waals surface area contributed by atoms with Crippen LogP contribution in [0.3, 0.4) is 0 Å². The van der Waals surface area contributed by atoms with Gasteiger partial charge in [-0.1, -0.05) is 0 Å². The Kier molecular flexibility index (Phi) is 3.27. The molecule has 0 aliphatic heterocycles. The Balaban J connectivity index is 3.50. The smallest absolute Gasteiger partial charge is 0.310 e. The van der Waals surface area contributed by atoms with Gasteiger partial charge < -0.3 is 5.11 Å². The normalized spacial score (nSPS) is 8.44. The number of rotatable bonds is 4. The molecule has 49 valence electrons. The number of hydrogen-bond acceptors (Lipinski definition) is 3. The van der Waals surface area contributed by atoms with Gasteiger partial charge >= 0.3 is 5.97 Å². The Hall–Kier alpha value is -1.19. The van der Waals surface area contributed by atoms with E-state index in [1.165, 1.54) is 6.29 Å². The first-order valence-corrected chi connectivity index (χ1v) is 2.25.